The maximum Gasteiger partial charge on any atom is 0.335 e. The first-order valence-corrected chi connectivity index (χ1v) is 8.54. The fourth-order valence-electron chi connectivity index (χ4n) is 1.49. The van der Waals surface area contributed by atoms with Gasteiger partial charge in [-0.1, -0.05) is 20.8 Å². The summed E-state index contributed by atoms with van der Waals surface area (Å²) in [6.45, 7) is 10.9. The summed E-state index contributed by atoms with van der Waals surface area (Å²) < 4.78 is 15.5. The molecule has 0 saturated carbocycles. The minimum Gasteiger partial charge on any atom is -0.462 e. The molecule has 0 aromatic rings. The Kier molecular flexibility index (Phi) is 10.8. The number of hydrogen-bond donors (Lipinski definition) is 0. The normalized spacial score (nSPS) is 15.2. The Hall–Kier alpha value is -1.85. The molecule has 0 heterocycles. The van der Waals surface area contributed by atoms with E-state index in [4.69, 9.17) is 14.2 Å². The van der Waals surface area contributed by atoms with Gasteiger partial charge in [-0.05, 0) is 40.0 Å². The van der Waals surface area contributed by atoms with E-state index in [1.165, 1.54) is 0 Å². The van der Waals surface area contributed by atoms with Gasteiger partial charge in [-0.3, -0.25) is 4.79 Å². The molecule has 6 heteroatoms. The van der Waals surface area contributed by atoms with E-state index in [-0.39, 0.29) is 30.3 Å². The fourth-order valence-corrected chi connectivity index (χ4v) is 1.49. The second-order valence-electron chi connectivity index (χ2n) is 5.84. The number of carbonyl (C=O) groups is 3. The van der Waals surface area contributed by atoms with Crippen molar-refractivity contribution < 1.29 is 28.6 Å². The highest BCUT2D eigenvalue weighted by atomic mass is 16.6. The molecule has 0 aliphatic heterocycles. The predicted molar refractivity (Wildman–Crippen MR) is 90.2 cm³/mol. The summed E-state index contributed by atoms with van der Waals surface area (Å²) >= 11 is 0. The van der Waals surface area contributed by atoms with Crippen molar-refractivity contribution in [3.63, 3.8) is 0 Å². The van der Waals surface area contributed by atoms with Crippen molar-refractivity contribution in [1.82, 2.24) is 0 Å². The quantitative estimate of drug-likeness (QED) is 0.344. The lowest BCUT2D eigenvalue weighted by Crippen LogP contribution is -2.22. The minimum absolute atomic E-state index is 0.0584. The fraction of sp³-hybridized carbons (Fsp3) is 0.722. The van der Waals surface area contributed by atoms with Crippen molar-refractivity contribution in [2.45, 2.75) is 85.5 Å². The molecule has 0 radical (unpaired) electrons. The van der Waals surface area contributed by atoms with Crippen LogP contribution in [0.25, 0.3) is 0 Å². The molecule has 0 amide bonds. The zero-order valence-electron chi connectivity index (χ0n) is 15.6. The number of ether oxygens (including phenoxy) is 3. The van der Waals surface area contributed by atoms with Crippen LogP contribution < -0.4 is 0 Å². The van der Waals surface area contributed by atoms with Crippen LogP contribution in [0.2, 0.25) is 0 Å². The minimum atomic E-state index is -0.702. The van der Waals surface area contributed by atoms with Crippen LogP contribution in [0, 0.1) is 0 Å². The van der Waals surface area contributed by atoms with Crippen LogP contribution in [0.1, 0.15) is 67.2 Å². The van der Waals surface area contributed by atoms with Gasteiger partial charge in [0.25, 0.3) is 0 Å². The molecule has 0 N–H and O–H groups in total. The third-order valence-electron chi connectivity index (χ3n) is 3.57. The predicted octanol–water partition coefficient (Wildman–Crippen LogP) is 3.33. The molecule has 0 bridgehead atoms. The molecule has 0 aliphatic carbocycles. The van der Waals surface area contributed by atoms with Gasteiger partial charge < -0.3 is 14.2 Å². The molecular weight excluding hydrogens is 312 g/mol. The molecule has 0 saturated heterocycles. The Morgan fingerprint density at radius 1 is 0.792 bits per heavy atom. The number of carbonyl (C=O) groups excluding carboxylic acids is 3. The highest BCUT2D eigenvalue weighted by Gasteiger charge is 2.21. The summed E-state index contributed by atoms with van der Waals surface area (Å²) in [7, 11) is 0. The van der Waals surface area contributed by atoms with Gasteiger partial charge in [0.1, 0.15) is 0 Å². The van der Waals surface area contributed by atoms with E-state index in [9.17, 15) is 14.4 Å². The zero-order chi connectivity index (χ0) is 18.7. The summed E-state index contributed by atoms with van der Waals surface area (Å²) in [6, 6.07) is 0. The van der Waals surface area contributed by atoms with Gasteiger partial charge in [0.15, 0.2) is 0 Å². The molecule has 0 spiro atoms. The molecule has 3 atom stereocenters. The SMILES string of the molecule is CCC(C)OC(=O)/C=C(\CC(=O)OC(C)CC)C(=O)OC(C)CC. The number of rotatable bonds is 10. The Morgan fingerprint density at radius 2 is 1.25 bits per heavy atom. The summed E-state index contributed by atoms with van der Waals surface area (Å²) in [6.07, 6.45) is 1.82. The van der Waals surface area contributed by atoms with E-state index in [0.29, 0.717) is 19.3 Å². The molecule has 0 aliphatic rings. The average Bonchev–Trinajstić information content (AvgIpc) is 2.53. The van der Waals surface area contributed by atoms with E-state index >= 15 is 0 Å². The summed E-state index contributed by atoms with van der Waals surface area (Å²) in [4.78, 5) is 36.0. The highest BCUT2D eigenvalue weighted by Crippen LogP contribution is 2.12. The van der Waals surface area contributed by atoms with Crippen LogP contribution in [0.4, 0.5) is 0 Å². The highest BCUT2D eigenvalue weighted by molar-refractivity contribution is 5.99. The zero-order valence-corrected chi connectivity index (χ0v) is 15.6. The van der Waals surface area contributed by atoms with E-state index in [2.05, 4.69) is 0 Å². The summed E-state index contributed by atoms with van der Waals surface area (Å²) in [5.74, 6) is -1.95. The van der Waals surface area contributed by atoms with Crippen LogP contribution in [0.15, 0.2) is 11.6 Å². The molecule has 0 rings (SSSR count). The molecule has 0 aromatic heterocycles. The lowest BCUT2D eigenvalue weighted by molar-refractivity contribution is -0.151. The van der Waals surface area contributed by atoms with E-state index in [0.717, 1.165) is 6.08 Å². The number of hydrogen-bond acceptors (Lipinski definition) is 6. The first kappa shape index (κ1) is 22.1. The van der Waals surface area contributed by atoms with Crippen LogP contribution in [0.3, 0.4) is 0 Å². The Labute approximate surface area is 144 Å². The van der Waals surface area contributed by atoms with Crippen LogP contribution in [-0.4, -0.2) is 36.2 Å². The average molecular weight is 342 g/mol. The van der Waals surface area contributed by atoms with Gasteiger partial charge in [0.05, 0.1) is 30.3 Å². The van der Waals surface area contributed by atoms with Gasteiger partial charge in [0.2, 0.25) is 0 Å². The second-order valence-corrected chi connectivity index (χ2v) is 5.84. The van der Waals surface area contributed by atoms with Crippen LogP contribution >= 0.6 is 0 Å². The molecule has 0 fully saturated rings. The van der Waals surface area contributed by atoms with E-state index in [1.54, 1.807) is 20.8 Å². The van der Waals surface area contributed by atoms with E-state index in [1.807, 2.05) is 20.8 Å². The maximum atomic E-state index is 12.2. The second kappa shape index (κ2) is 11.6. The van der Waals surface area contributed by atoms with Crippen LogP contribution in [0.5, 0.6) is 0 Å². The largest absolute Gasteiger partial charge is 0.462 e. The molecule has 0 aromatic carbocycles. The Bertz CT molecular complexity index is 454. The standard InChI is InChI=1S/C18H30O6/c1-7-12(4)22-16(19)10-15(18(21)24-14(6)9-3)11-17(20)23-13(5)8-2/h10,12-14H,7-9,11H2,1-6H3/b15-10+. The van der Waals surface area contributed by atoms with E-state index < -0.39 is 17.9 Å². The summed E-state index contributed by atoms with van der Waals surface area (Å²) in [5.41, 5.74) is -0.0584. The molecule has 3 unspecified atom stereocenters. The molecular formula is C18H30O6. The van der Waals surface area contributed by atoms with Crippen molar-refractivity contribution in [3.05, 3.63) is 11.6 Å². The third-order valence-corrected chi connectivity index (χ3v) is 3.57. The lowest BCUT2D eigenvalue weighted by atomic mass is 10.1. The topological polar surface area (TPSA) is 78.9 Å². The molecule has 138 valence electrons. The first-order chi connectivity index (χ1) is 11.2. The van der Waals surface area contributed by atoms with Crippen molar-refractivity contribution in [1.29, 1.82) is 0 Å². The van der Waals surface area contributed by atoms with Gasteiger partial charge >= 0.3 is 17.9 Å². The van der Waals surface area contributed by atoms with Gasteiger partial charge in [-0.15, -0.1) is 0 Å². The van der Waals surface area contributed by atoms with Crippen molar-refractivity contribution in [3.8, 4) is 0 Å². The molecule has 24 heavy (non-hydrogen) atoms. The molecule has 6 nitrogen and oxygen atoms in total. The van der Waals surface area contributed by atoms with Crippen LogP contribution in [-0.2, 0) is 28.6 Å². The smallest absolute Gasteiger partial charge is 0.335 e. The monoisotopic (exact) mass is 342 g/mol. The Balaban J connectivity index is 5.10. The number of esters is 3. The maximum absolute atomic E-state index is 12.2. The Morgan fingerprint density at radius 3 is 1.75 bits per heavy atom. The lowest BCUT2D eigenvalue weighted by Gasteiger charge is -2.15. The van der Waals surface area contributed by atoms with Crippen molar-refractivity contribution in [2.24, 2.45) is 0 Å². The van der Waals surface area contributed by atoms with Crippen molar-refractivity contribution in [2.75, 3.05) is 0 Å². The van der Waals surface area contributed by atoms with Gasteiger partial charge in [-0.25, -0.2) is 9.59 Å². The van der Waals surface area contributed by atoms with Gasteiger partial charge in [-0.2, -0.15) is 0 Å². The van der Waals surface area contributed by atoms with Crippen molar-refractivity contribution >= 4 is 17.9 Å². The summed E-state index contributed by atoms with van der Waals surface area (Å²) in [5, 5.41) is 0. The third kappa shape index (κ3) is 9.33. The van der Waals surface area contributed by atoms with Gasteiger partial charge in [0, 0.05) is 6.08 Å². The first-order valence-electron chi connectivity index (χ1n) is 8.54.